The molecule has 3 rings (SSSR count). The molecule has 0 aromatic heterocycles. The van der Waals surface area contributed by atoms with E-state index in [4.69, 9.17) is 9.84 Å². The Morgan fingerprint density at radius 1 is 1.54 bits per heavy atom. The lowest BCUT2D eigenvalue weighted by molar-refractivity contribution is -0.113. The molecule has 2 aliphatic heterocycles. The van der Waals surface area contributed by atoms with Crippen molar-refractivity contribution in [1.82, 2.24) is 10.4 Å². The average Bonchev–Trinajstić information content (AvgIpc) is 3.17. The topological polar surface area (TPSA) is 74.2 Å². The maximum Gasteiger partial charge on any atom is 0.286 e. The van der Waals surface area contributed by atoms with Gasteiger partial charge in [-0.15, -0.1) is 0 Å². The number of aliphatic hydroxyl groups is 1. The molecule has 1 aromatic rings. The van der Waals surface area contributed by atoms with Crippen LogP contribution in [0.25, 0.3) is 6.08 Å². The molecular weight excluding hydrogens is 333 g/mol. The Bertz CT molecular complexity index is 715. The molecule has 0 bridgehead atoms. The normalized spacial score (nSPS) is 19.3. The Morgan fingerprint density at radius 3 is 3.08 bits per heavy atom. The highest BCUT2D eigenvalue weighted by atomic mass is 32.2. The van der Waals surface area contributed by atoms with Gasteiger partial charge in [0.25, 0.3) is 5.91 Å². The summed E-state index contributed by atoms with van der Waals surface area (Å²) in [6, 6.07) is 2.67. The van der Waals surface area contributed by atoms with Gasteiger partial charge in [0.1, 0.15) is 18.2 Å². The van der Waals surface area contributed by atoms with Crippen LogP contribution in [0.5, 0.6) is 5.75 Å². The van der Waals surface area contributed by atoms with Crippen LogP contribution in [-0.4, -0.2) is 47.5 Å². The molecule has 0 spiro atoms. The first-order valence-electron chi connectivity index (χ1n) is 7.66. The number of carbonyl (C=O) groups excluding carboxylic acids is 1. The third-order valence-electron chi connectivity index (χ3n) is 3.59. The molecule has 1 aromatic carbocycles. The zero-order valence-corrected chi connectivity index (χ0v) is 14.0. The van der Waals surface area contributed by atoms with Crippen LogP contribution in [0, 0.1) is 12.7 Å². The first kappa shape index (κ1) is 16.9. The van der Waals surface area contributed by atoms with Gasteiger partial charge >= 0.3 is 0 Å². The van der Waals surface area contributed by atoms with Gasteiger partial charge in [0.2, 0.25) is 0 Å². The number of nitrogens with zero attached hydrogens (tertiary/aromatic N) is 2. The third-order valence-corrected chi connectivity index (χ3v) is 4.60. The van der Waals surface area contributed by atoms with Gasteiger partial charge in [-0.05, 0) is 48.9 Å². The SMILES string of the molecule is Cc1cc(F)cc(/C=C2\SC(N3CCCN3)=NC2=O)c1OCCO. The van der Waals surface area contributed by atoms with Crippen molar-refractivity contribution in [3.63, 3.8) is 0 Å². The number of amides is 1. The van der Waals surface area contributed by atoms with Crippen LogP contribution in [0.4, 0.5) is 4.39 Å². The van der Waals surface area contributed by atoms with Crippen LogP contribution in [0.2, 0.25) is 0 Å². The van der Waals surface area contributed by atoms with E-state index in [1.165, 1.54) is 23.9 Å². The number of aliphatic hydroxyl groups excluding tert-OH is 1. The number of aliphatic imine (C=N–C) groups is 1. The van der Waals surface area contributed by atoms with E-state index >= 15 is 0 Å². The fourth-order valence-electron chi connectivity index (χ4n) is 2.56. The second-order valence-electron chi connectivity index (χ2n) is 5.44. The van der Waals surface area contributed by atoms with Crippen LogP contribution >= 0.6 is 11.8 Å². The zero-order valence-electron chi connectivity index (χ0n) is 13.2. The van der Waals surface area contributed by atoms with Gasteiger partial charge in [0, 0.05) is 18.7 Å². The average molecular weight is 351 g/mol. The number of carbonyl (C=O) groups is 1. The first-order valence-corrected chi connectivity index (χ1v) is 8.47. The van der Waals surface area contributed by atoms with E-state index in [-0.39, 0.29) is 19.1 Å². The number of benzene rings is 1. The second-order valence-corrected chi connectivity index (χ2v) is 6.45. The van der Waals surface area contributed by atoms with Gasteiger partial charge in [-0.2, -0.15) is 4.99 Å². The Hall–Kier alpha value is -1.90. The largest absolute Gasteiger partial charge is 0.490 e. The molecule has 1 fully saturated rings. The summed E-state index contributed by atoms with van der Waals surface area (Å²) in [5.74, 6) is -0.300. The lowest BCUT2D eigenvalue weighted by Gasteiger charge is -2.15. The van der Waals surface area contributed by atoms with Crippen molar-refractivity contribution < 1.29 is 19.0 Å². The Balaban J connectivity index is 1.87. The quantitative estimate of drug-likeness (QED) is 0.804. The summed E-state index contributed by atoms with van der Waals surface area (Å²) in [5, 5.41) is 11.4. The lowest BCUT2D eigenvalue weighted by Crippen LogP contribution is -2.34. The first-order chi connectivity index (χ1) is 11.6. The number of hydrogen-bond acceptors (Lipinski definition) is 6. The summed E-state index contributed by atoms with van der Waals surface area (Å²) in [5.41, 5.74) is 4.22. The Labute approximate surface area is 143 Å². The van der Waals surface area contributed by atoms with E-state index in [0.717, 1.165) is 19.5 Å². The van der Waals surface area contributed by atoms with Gasteiger partial charge < -0.3 is 9.84 Å². The molecule has 24 heavy (non-hydrogen) atoms. The van der Waals surface area contributed by atoms with Gasteiger partial charge in [-0.25, -0.2) is 9.82 Å². The maximum absolute atomic E-state index is 13.8. The minimum absolute atomic E-state index is 0.100. The molecule has 8 heteroatoms. The molecule has 0 atom stereocenters. The summed E-state index contributed by atoms with van der Waals surface area (Å²) >= 11 is 1.25. The van der Waals surface area contributed by atoms with E-state index in [2.05, 4.69) is 10.4 Å². The van der Waals surface area contributed by atoms with Crippen molar-refractivity contribution in [2.75, 3.05) is 26.3 Å². The van der Waals surface area contributed by atoms with Crippen LogP contribution in [0.3, 0.4) is 0 Å². The number of hydrogen-bond donors (Lipinski definition) is 2. The van der Waals surface area contributed by atoms with Crippen molar-refractivity contribution in [3.8, 4) is 5.75 Å². The van der Waals surface area contributed by atoms with Gasteiger partial charge in [0.15, 0.2) is 5.17 Å². The molecule has 0 saturated carbocycles. The predicted molar refractivity (Wildman–Crippen MR) is 91.1 cm³/mol. The van der Waals surface area contributed by atoms with Crippen LogP contribution in [0.15, 0.2) is 22.0 Å². The molecule has 0 unspecified atom stereocenters. The zero-order chi connectivity index (χ0) is 17.1. The molecule has 1 amide bonds. The smallest absolute Gasteiger partial charge is 0.286 e. The number of aryl methyl sites for hydroxylation is 1. The number of thioether (sulfide) groups is 1. The van der Waals surface area contributed by atoms with E-state index in [1.54, 1.807) is 13.0 Å². The van der Waals surface area contributed by atoms with Crippen molar-refractivity contribution in [1.29, 1.82) is 0 Å². The van der Waals surface area contributed by atoms with E-state index < -0.39 is 5.82 Å². The molecule has 2 heterocycles. The fourth-order valence-corrected chi connectivity index (χ4v) is 3.47. The molecule has 1 saturated heterocycles. The van der Waals surface area contributed by atoms with E-state index in [0.29, 0.717) is 26.9 Å². The highest BCUT2D eigenvalue weighted by Crippen LogP contribution is 2.34. The molecular formula is C16H18FN3O3S. The fraction of sp³-hybridized carbons (Fsp3) is 0.375. The summed E-state index contributed by atoms with van der Waals surface area (Å²) in [4.78, 5) is 16.6. The second kappa shape index (κ2) is 7.33. The minimum atomic E-state index is -0.409. The molecule has 128 valence electrons. The predicted octanol–water partition coefficient (Wildman–Crippen LogP) is 1.69. The number of amidine groups is 1. The van der Waals surface area contributed by atoms with Crippen molar-refractivity contribution in [3.05, 3.63) is 34.0 Å². The summed E-state index contributed by atoms with van der Waals surface area (Å²) in [7, 11) is 0. The number of nitrogens with one attached hydrogen (secondary N) is 1. The standard InChI is InChI=1S/C16H18FN3O3S/c1-10-7-12(17)8-11(14(10)23-6-5-21)9-13-15(22)19-16(24-13)20-4-2-3-18-20/h7-9,18,21H,2-6H2,1H3/b13-9-. The number of hydrazine groups is 1. The van der Waals surface area contributed by atoms with E-state index in [1.807, 2.05) is 5.01 Å². The van der Waals surface area contributed by atoms with Gasteiger partial charge in [-0.1, -0.05) is 0 Å². The molecule has 0 radical (unpaired) electrons. The molecule has 0 aliphatic carbocycles. The van der Waals surface area contributed by atoms with Crippen LogP contribution in [-0.2, 0) is 4.79 Å². The van der Waals surface area contributed by atoms with Crippen molar-refractivity contribution >= 4 is 28.9 Å². The van der Waals surface area contributed by atoms with Crippen molar-refractivity contribution in [2.24, 2.45) is 4.99 Å². The molecule has 6 nitrogen and oxygen atoms in total. The third kappa shape index (κ3) is 3.61. The summed E-state index contributed by atoms with van der Waals surface area (Å²) in [6.45, 7) is 3.33. The maximum atomic E-state index is 13.8. The summed E-state index contributed by atoms with van der Waals surface area (Å²) < 4.78 is 19.3. The Kier molecular flexibility index (Phi) is 5.17. The number of ether oxygens (including phenoxy) is 1. The molecule has 2 N–H and O–H groups in total. The minimum Gasteiger partial charge on any atom is -0.490 e. The van der Waals surface area contributed by atoms with Crippen molar-refractivity contribution in [2.45, 2.75) is 13.3 Å². The highest BCUT2D eigenvalue weighted by Gasteiger charge is 2.28. The van der Waals surface area contributed by atoms with Gasteiger partial charge in [-0.3, -0.25) is 9.80 Å². The van der Waals surface area contributed by atoms with Gasteiger partial charge in [0.05, 0.1) is 11.5 Å². The molecule has 2 aliphatic rings. The summed E-state index contributed by atoms with van der Waals surface area (Å²) in [6.07, 6.45) is 2.58. The Morgan fingerprint density at radius 2 is 2.38 bits per heavy atom. The monoisotopic (exact) mass is 351 g/mol. The van der Waals surface area contributed by atoms with Crippen LogP contribution < -0.4 is 10.2 Å². The number of rotatable bonds is 4. The van der Waals surface area contributed by atoms with Crippen LogP contribution in [0.1, 0.15) is 17.5 Å². The van der Waals surface area contributed by atoms with E-state index in [9.17, 15) is 9.18 Å². The number of halogens is 1. The highest BCUT2D eigenvalue weighted by molar-refractivity contribution is 8.18. The lowest BCUT2D eigenvalue weighted by atomic mass is 10.1.